The monoisotopic (exact) mass is 340 g/mol. The van der Waals surface area contributed by atoms with E-state index in [4.69, 9.17) is 16.7 Å². The van der Waals surface area contributed by atoms with Crippen LogP contribution in [0.1, 0.15) is 44.0 Å². The fraction of sp³-hybridized carbons (Fsp3) is 0.529. The Hall–Kier alpha value is -1.59. The van der Waals surface area contributed by atoms with Crippen LogP contribution in [0.15, 0.2) is 18.2 Å². The van der Waals surface area contributed by atoms with Crippen LogP contribution in [0.5, 0.6) is 0 Å². The Morgan fingerprint density at radius 1 is 1.30 bits per heavy atom. The van der Waals surface area contributed by atoms with Crippen LogP contribution in [-0.4, -0.2) is 41.5 Å². The maximum Gasteiger partial charge on any atom is 0.255 e. The van der Waals surface area contributed by atoms with Crippen molar-refractivity contribution in [3.63, 3.8) is 0 Å². The van der Waals surface area contributed by atoms with E-state index in [0.29, 0.717) is 29.2 Å². The first-order chi connectivity index (χ1) is 10.9. The number of halogens is 1. The number of aliphatic hydroxyl groups is 1. The number of amides is 2. The molecule has 0 saturated heterocycles. The minimum absolute atomic E-state index is 0.0958. The van der Waals surface area contributed by atoms with E-state index in [2.05, 4.69) is 5.32 Å². The second-order valence-electron chi connectivity index (χ2n) is 5.86. The zero-order valence-corrected chi connectivity index (χ0v) is 14.7. The van der Waals surface area contributed by atoms with Gasteiger partial charge in [-0.3, -0.25) is 9.59 Å². The highest BCUT2D eigenvalue weighted by molar-refractivity contribution is 6.34. The van der Waals surface area contributed by atoms with Gasteiger partial charge in [-0.1, -0.05) is 32.4 Å². The van der Waals surface area contributed by atoms with Crippen molar-refractivity contribution in [1.82, 2.24) is 4.90 Å². The lowest BCUT2D eigenvalue weighted by Gasteiger charge is -2.22. The predicted molar refractivity (Wildman–Crippen MR) is 92.8 cm³/mol. The van der Waals surface area contributed by atoms with Crippen molar-refractivity contribution >= 4 is 29.1 Å². The number of rotatable bonds is 8. The fourth-order valence-corrected chi connectivity index (χ4v) is 2.42. The molecule has 0 atom stereocenters. The topological polar surface area (TPSA) is 69.6 Å². The Morgan fingerprint density at radius 3 is 2.57 bits per heavy atom. The highest BCUT2D eigenvalue weighted by Gasteiger charge is 2.18. The number of anilines is 1. The molecule has 0 aliphatic carbocycles. The number of carbonyl (C=O) groups excluding carboxylic acids is 2. The molecule has 0 aliphatic heterocycles. The Labute approximate surface area is 142 Å². The van der Waals surface area contributed by atoms with E-state index in [0.717, 1.165) is 6.42 Å². The van der Waals surface area contributed by atoms with Gasteiger partial charge in [-0.25, -0.2) is 0 Å². The van der Waals surface area contributed by atoms with Crippen molar-refractivity contribution < 1.29 is 14.7 Å². The third-order valence-corrected chi connectivity index (χ3v) is 3.55. The van der Waals surface area contributed by atoms with Crippen LogP contribution in [-0.2, 0) is 4.79 Å². The molecule has 0 fully saturated rings. The van der Waals surface area contributed by atoms with Crippen LogP contribution in [0, 0.1) is 5.92 Å². The van der Waals surface area contributed by atoms with E-state index >= 15 is 0 Å². The average Bonchev–Trinajstić information content (AvgIpc) is 2.47. The summed E-state index contributed by atoms with van der Waals surface area (Å²) >= 11 is 6.13. The smallest absolute Gasteiger partial charge is 0.255 e. The molecule has 0 spiro atoms. The quantitative estimate of drug-likeness (QED) is 0.763. The largest absolute Gasteiger partial charge is 0.395 e. The molecule has 2 amide bonds. The summed E-state index contributed by atoms with van der Waals surface area (Å²) in [5.41, 5.74) is 0.875. The molecule has 0 bridgehead atoms. The molecular weight excluding hydrogens is 316 g/mol. The van der Waals surface area contributed by atoms with Gasteiger partial charge in [-0.05, 0) is 30.5 Å². The van der Waals surface area contributed by atoms with Crippen LogP contribution in [0.3, 0.4) is 0 Å². The third-order valence-electron chi connectivity index (χ3n) is 3.22. The van der Waals surface area contributed by atoms with E-state index in [9.17, 15) is 9.59 Å². The average molecular weight is 341 g/mol. The maximum atomic E-state index is 12.6. The lowest BCUT2D eigenvalue weighted by Crippen LogP contribution is -2.34. The van der Waals surface area contributed by atoms with E-state index in [1.165, 1.54) is 0 Å². The first-order valence-electron chi connectivity index (χ1n) is 7.88. The number of nitrogens with one attached hydrogen (secondary N) is 1. The van der Waals surface area contributed by atoms with Crippen LogP contribution in [0.25, 0.3) is 0 Å². The molecule has 0 aliphatic rings. The van der Waals surface area contributed by atoms with Crippen LogP contribution in [0.4, 0.5) is 5.69 Å². The van der Waals surface area contributed by atoms with E-state index in [1.807, 2.05) is 20.8 Å². The molecule has 2 N–H and O–H groups in total. The highest BCUT2D eigenvalue weighted by Crippen LogP contribution is 2.22. The second kappa shape index (κ2) is 9.53. The van der Waals surface area contributed by atoms with Crippen LogP contribution < -0.4 is 5.32 Å². The molecular formula is C17H25ClN2O3. The number of aliphatic hydroxyl groups excluding tert-OH is 1. The Kier molecular flexibility index (Phi) is 8.06. The number of hydrogen-bond acceptors (Lipinski definition) is 3. The number of benzene rings is 1. The summed E-state index contributed by atoms with van der Waals surface area (Å²) in [6, 6.07) is 4.86. The van der Waals surface area contributed by atoms with Gasteiger partial charge in [-0.2, -0.15) is 0 Å². The minimum atomic E-state index is -0.245. The molecule has 0 saturated carbocycles. The van der Waals surface area contributed by atoms with Gasteiger partial charge in [0.1, 0.15) is 0 Å². The molecule has 1 aromatic rings. The summed E-state index contributed by atoms with van der Waals surface area (Å²) in [5, 5.41) is 12.2. The van der Waals surface area contributed by atoms with Crippen molar-refractivity contribution in [3.05, 3.63) is 28.8 Å². The van der Waals surface area contributed by atoms with Gasteiger partial charge < -0.3 is 15.3 Å². The van der Waals surface area contributed by atoms with Gasteiger partial charge in [0.05, 0.1) is 17.2 Å². The molecule has 128 valence electrons. The van der Waals surface area contributed by atoms with Crippen molar-refractivity contribution in [3.8, 4) is 0 Å². The standard InChI is InChI=1S/C17H25ClN2O3/c1-4-7-20(8-9-21)17(23)14-11-13(5-6-15(14)18)19-16(22)10-12(2)3/h5-6,11-12,21H,4,7-10H2,1-3H3,(H,19,22). The van der Waals surface area contributed by atoms with E-state index in [1.54, 1.807) is 23.1 Å². The van der Waals surface area contributed by atoms with Crippen LogP contribution in [0.2, 0.25) is 5.02 Å². The third kappa shape index (κ3) is 6.20. The Balaban J connectivity index is 2.95. The first-order valence-corrected chi connectivity index (χ1v) is 8.26. The van der Waals surface area contributed by atoms with Gasteiger partial charge in [-0.15, -0.1) is 0 Å². The molecule has 0 unspecified atom stereocenters. The molecule has 0 heterocycles. The number of hydrogen-bond donors (Lipinski definition) is 2. The summed E-state index contributed by atoms with van der Waals surface area (Å²) in [7, 11) is 0. The van der Waals surface area contributed by atoms with Crippen molar-refractivity contribution in [2.24, 2.45) is 5.92 Å². The lowest BCUT2D eigenvalue weighted by atomic mass is 10.1. The normalized spacial score (nSPS) is 10.7. The molecule has 5 nitrogen and oxygen atoms in total. The summed E-state index contributed by atoms with van der Waals surface area (Å²) in [6.45, 7) is 6.59. The van der Waals surface area contributed by atoms with Crippen molar-refractivity contribution in [1.29, 1.82) is 0 Å². The minimum Gasteiger partial charge on any atom is -0.395 e. The van der Waals surface area contributed by atoms with Crippen molar-refractivity contribution in [2.45, 2.75) is 33.6 Å². The number of nitrogens with zero attached hydrogens (tertiary/aromatic N) is 1. The maximum absolute atomic E-state index is 12.6. The fourth-order valence-electron chi connectivity index (χ4n) is 2.23. The summed E-state index contributed by atoms with van der Waals surface area (Å²) < 4.78 is 0. The molecule has 1 rings (SSSR count). The van der Waals surface area contributed by atoms with Gasteiger partial charge in [0, 0.05) is 25.2 Å². The summed E-state index contributed by atoms with van der Waals surface area (Å²) in [5.74, 6) is -0.0830. The molecule has 0 aromatic heterocycles. The highest BCUT2D eigenvalue weighted by atomic mass is 35.5. The van der Waals surface area contributed by atoms with Crippen molar-refractivity contribution in [2.75, 3.05) is 25.0 Å². The van der Waals surface area contributed by atoms with Gasteiger partial charge in [0.15, 0.2) is 0 Å². The lowest BCUT2D eigenvalue weighted by molar-refractivity contribution is -0.116. The SMILES string of the molecule is CCCN(CCO)C(=O)c1cc(NC(=O)CC(C)C)ccc1Cl. The van der Waals surface area contributed by atoms with Crippen LogP contribution >= 0.6 is 11.6 Å². The van der Waals surface area contributed by atoms with Gasteiger partial charge >= 0.3 is 0 Å². The molecule has 23 heavy (non-hydrogen) atoms. The first kappa shape index (κ1) is 19.5. The van der Waals surface area contributed by atoms with E-state index in [-0.39, 0.29) is 30.9 Å². The number of carbonyl (C=O) groups is 2. The summed E-state index contributed by atoms with van der Waals surface area (Å²) in [6.07, 6.45) is 1.20. The zero-order chi connectivity index (χ0) is 17.4. The second-order valence-corrected chi connectivity index (χ2v) is 6.26. The zero-order valence-electron chi connectivity index (χ0n) is 13.9. The molecule has 1 aromatic carbocycles. The summed E-state index contributed by atoms with van der Waals surface area (Å²) in [4.78, 5) is 26.0. The van der Waals surface area contributed by atoms with E-state index < -0.39 is 0 Å². The molecule has 6 heteroatoms. The molecule has 0 radical (unpaired) electrons. The Morgan fingerprint density at radius 2 is 2.00 bits per heavy atom. The Bertz CT molecular complexity index is 541. The van der Waals surface area contributed by atoms with Gasteiger partial charge in [0.2, 0.25) is 5.91 Å². The predicted octanol–water partition coefficient (Wildman–Crippen LogP) is 3.17. The van der Waals surface area contributed by atoms with Gasteiger partial charge in [0.25, 0.3) is 5.91 Å².